The van der Waals surface area contributed by atoms with Gasteiger partial charge in [0, 0.05) is 26.2 Å². The highest BCUT2D eigenvalue weighted by Gasteiger charge is 2.36. The number of piperazine rings is 1. The molecule has 0 saturated carbocycles. The highest BCUT2D eigenvalue weighted by atomic mass is 16.6. The second-order valence-electron chi connectivity index (χ2n) is 9.21. The molecule has 3 heterocycles. The van der Waals surface area contributed by atoms with E-state index in [4.69, 9.17) is 14.2 Å². The fourth-order valence-corrected chi connectivity index (χ4v) is 4.46. The van der Waals surface area contributed by atoms with E-state index in [-0.39, 0.29) is 23.7 Å². The lowest BCUT2D eigenvalue weighted by atomic mass is 9.88. The maximum absolute atomic E-state index is 12.9. The summed E-state index contributed by atoms with van der Waals surface area (Å²) >= 11 is 0. The van der Waals surface area contributed by atoms with E-state index in [2.05, 4.69) is 37.5 Å². The second kappa shape index (κ2) is 8.49. The van der Waals surface area contributed by atoms with Gasteiger partial charge in [-0.2, -0.15) is 0 Å². The average molecular weight is 413 g/mol. The minimum atomic E-state index is -0.571. The summed E-state index contributed by atoms with van der Waals surface area (Å²) in [4.78, 5) is 17.0. The van der Waals surface area contributed by atoms with Crippen molar-refractivity contribution in [2.24, 2.45) is 0 Å². The number of ether oxygens (including phenoxy) is 3. The van der Waals surface area contributed by atoms with Gasteiger partial charge in [-0.05, 0) is 52.2 Å². The van der Waals surface area contributed by atoms with Crippen molar-refractivity contribution in [3.8, 4) is 23.3 Å². The summed E-state index contributed by atoms with van der Waals surface area (Å²) in [6.45, 7) is 10.3. The molecule has 2 fully saturated rings. The summed E-state index contributed by atoms with van der Waals surface area (Å²) < 4.78 is 17.8. The van der Waals surface area contributed by atoms with Gasteiger partial charge in [-0.1, -0.05) is 24.0 Å². The van der Waals surface area contributed by atoms with E-state index in [1.54, 1.807) is 0 Å². The molecule has 0 spiro atoms. The van der Waals surface area contributed by atoms with Crippen LogP contribution < -0.4 is 9.47 Å². The lowest BCUT2D eigenvalue weighted by Crippen LogP contribution is -2.54. The van der Waals surface area contributed by atoms with Gasteiger partial charge < -0.3 is 19.1 Å². The van der Waals surface area contributed by atoms with E-state index in [9.17, 15) is 4.79 Å². The Kier molecular flexibility index (Phi) is 5.95. The second-order valence-corrected chi connectivity index (χ2v) is 9.21. The number of para-hydroxylation sites is 2. The third kappa shape index (κ3) is 4.91. The van der Waals surface area contributed by atoms with Gasteiger partial charge in [0.2, 0.25) is 6.10 Å². The molecule has 6 nitrogen and oxygen atoms in total. The Morgan fingerprint density at radius 1 is 1.10 bits per heavy atom. The van der Waals surface area contributed by atoms with Crippen molar-refractivity contribution in [3.05, 3.63) is 24.3 Å². The molecule has 0 unspecified atom stereocenters. The monoisotopic (exact) mass is 412 g/mol. The first-order valence-corrected chi connectivity index (χ1v) is 10.9. The molecule has 3 aliphatic heterocycles. The number of rotatable bonds is 2. The maximum Gasteiger partial charge on any atom is 0.267 e. The first kappa shape index (κ1) is 21.0. The number of carbonyl (C=O) groups excluding carboxylic acids is 1. The van der Waals surface area contributed by atoms with Crippen molar-refractivity contribution in [3.63, 3.8) is 0 Å². The van der Waals surface area contributed by atoms with Crippen LogP contribution in [-0.4, -0.2) is 72.3 Å². The normalized spacial score (nSPS) is 28.4. The summed E-state index contributed by atoms with van der Waals surface area (Å²) in [6.07, 6.45) is 2.65. The molecular weight excluding hydrogens is 380 g/mol. The number of carbonyl (C=O) groups is 1. The van der Waals surface area contributed by atoms with Gasteiger partial charge in [-0.3, -0.25) is 9.69 Å². The van der Waals surface area contributed by atoms with Crippen LogP contribution in [0.2, 0.25) is 0 Å². The Bertz CT molecular complexity index is 835. The zero-order chi connectivity index (χ0) is 21.2. The molecule has 6 heteroatoms. The third-order valence-corrected chi connectivity index (χ3v) is 6.06. The van der Waals surface area contributed by atoms with E-state index in [0.29, 0.717) is 31.1 Å². The molecule has 1 amide bonds. The summed E-state index contributed by atoms with van der Waals surface area (Å²) in [6, 6.07) is 7.47. The highest BCUT2D eigenvalue weighted by molar-refractivity contribution is 5.82. The summed E-state index contributed by atoms with van der Waals surface area (Å²) in [5.74, 6) is 8.02. The van der Waals surface area contributed by atoms with Crippen molar-refractivity contribution in [2.75, 3.05) is 39.3 Å². The SMILES string of the molecule is CC1(C)CCC[C@](C)(C#CCN2CCN(C(=O)[C@@H]3COc4ccccc4O3)CC2)O1. The van der Waals surface area contributed by atoms with Crippen LogP contribution >= 0.6 is 0 Å². The fraction of sp³-hybridized carbons (Fsp3) is 0.625. The van der Waals surface area contributed by atoms with Crippen molar-refractivity contribution >= 4 is 5.91 Å². The van der Waals surface area contributed by atoms with Gasteiger partial charge in [0.15, 0.2) is 11.5 Å². The quantitative estimate of drug-likeness (QED) is 0.699. The van der Waals surface area contributed by atoms with Crippen LogP contribution in [0, 0.1) is 11.8 Å². The minimum absolute atomic E-state index is 0.000542. The Hall–Kier alpha value is -2.23. The lowest BCUT2D eigenvalue weighted by molar-refractivity contribution is -0.142. The van der Waals surface area contributed by atoms with Crippen LogP contribution in [0.4, 0.5) is 0 Å². The van der Waals surface area contributed by atoms with E-state index >= 15 is 0 Å². The predicted octanol–water partition coefficient (Wildman–Crippen LogP) is 2.71. The van der Waals surface area contributed by atoms with Crippen LogP contribution in [0.15, 0.2) is 24.3 Å². The molecule has 30 heavy (non-hydrogen) atoms. The third-order valence-electron chi connectivity index (χ3n) is 6.06. The molecule has 0 bridgehead atoms. The first-order valence-electron chi connectivity index (χ1n) is 10.9. The molecule has 2 atom stereocenters. The largest absolute Gasteiger partial charge is 0.485 e. The van der Waals surface area contributed by atoms with Crippen molar-refractivity contribution < 1.29 is 19.0 Å². The molecule has 1 aromatic carbocycles. The fourth-order valence-electron chi connectivity index (χ4n) is 4.46. The number of nitrogens with zero attached hydrogens (tertiary/aromatic N) is 2. The highest BCUT2D eigenvalue weighted by Crippen LogP contribution is 2.34. The van der Waals surface area contributed by atoms with Crippen molar-refractivity contribution in [1.29, 1.82) is 0 Å². The predicted molar refractivity (Wildman–Crippen MR) is 115 cm³/mol. The van der Waals surface area contributed by atoms with Gasteiger partial charge >= 0.3 is 0 Å². The molecule has 0 aliphatic carbocycles. The number of benzene rings is 1. The zero-order valence-electron chi connectivity index (χ0n) is 18.3. The Morgan fingerprint density at radius 2 is 1.83 bits per heavy atom. The molecule has 3 aliphatic rings. The van der Waals surface area contributed by atoms with Crippen LogP contribution in [0.1, 0.15) is 40.0 Å². The van der Waals surface area contributed by atoms with Crippen LogP contribution in [0.3, 0.4) is 0 Å². The van der Waals surface area contributed by atoms with Gasteiger partial charge in [0.1, 0.15) is 12.2 Å². The maximum atomic E-state index is 12.9. The van der Waals surface area contributed by atoms with Gasteiger partial charge in [0.25, 0.3) is 5.91 Å². The van der Waals surface area contributed by atoms with E-state index < -0.39 is 6.10 Å². The van der Waals surface area contributed by atoms with Gasteiger partial charge in [-0.25, -0.2) is 0 Å². The van der Waals surface area contributed by atoms with Gasteiger partial charge in [-0.15, -0.1) is 0 Å². The lowest BCUT2D eigenvalue weighted by Gasteiger charge is -2.40. The average Bonchev–Trinajstić information content (AvgIpc) is 2.72. The Morgan fingerprint density at radius 3 is 2.57 bits per heavy atom. The standard InChI is InChI=1S/C24H32N2O4/c1-23(2)10-6-11-24(3,30-23)12-7-13-25-14-16-26(17-15-25)22(27)21-18-28-19-8-4-5-9-20(19)29-21/h4-5,8-9,21H,6,10-11,13-18H2,1-3H3/t21-,24+/m0/s1. The molecule has 0 radical (unpaired) electrons. The molecule has 0 N–H and O–H groups in total. The summed E-state index contributed by atoms with van der Waals surface area (Å²) in [5, 5.41) is 0. The first-order chi connectivity index (χ1) is 14.3. The van der Waals surface area contributed by atoms with Crippen LogP contribution in [0.25, 0.3) is 0 Å². The van der Waals surface area contributed by atoms with Crippen molar-refractivity contribution in [1.82, 2.24) is 9.80 Å². The number of amides is 1. The molecule has 1 aromatic rings. The van der Waals surface area contributed by atoms with E-state index in [1.165, 1.54) is 0 Å². The number of fused-ring (bicyclic) bond motifs is 1. The Balaban J connectivity index is 1.25. The molecular formula is C24H32N2O4. The minimum Gasteiger partial charge on any atom is -0.485 e. The summed E-state index contributed by atoms with van der Waals surface area (Å²) in [5.41, 5.74) is -0.451. The topological polar surface area (TPSA) is 51.2 Å². The zero-order valence-corrected chi connectivity index (χ0v) is 18.3. The number of hydrogen-bond acceptors (Lipinski definition) is 5. The van der Waals surface area contributed by atoms with Crippen molar-refractivity contribution in [2.45, 2.75) is 57.3 Å². The van der Waals surface area contributed by atoms with Gasteiger partial charge in [0.05, 0.1) is 12.1 Å². The summed E-state index contributed by atoms with van der Waals surface area (Å²) in [7, 11) is 0. The van der Waals surface area contributed by atoms with E-state index in [1.807, 2.05) is 29.2 Å². The molecule has 2 saturated heterocycles. The Labute approximate surface area is 179 Å². The molecule has 162 valence electrons. The smallest absolute Gasteiger partial charge is 0.267 e. The van der Waals surface area contributed by atoms with Crippen LogP contribution in [0.5, 0.6) is 11.5 Å². The molecule has 4 rings (SSSR count). The van der Waals surface area contributed by atoms with E-state index in [0.717, 1.165) is 32.4 Å². The number of hydrogen-bond donors (Lipinski definition) is 0. The molecule has 0 aromatic heterocycles. The van der Waals surface area contributed by atoms with Crippen LogP contribution in [-0.2, 0) is 9.53 Å².